The number of carbonyl (C=O) groups excluding carboxylic acids is 2. The zero-order valence-electron chi connectivity index (χ0n) is 15.9. The molecule has 0 unspecified atom stereocenters. The summed E-state index contributed by atoms with van der Waals surface area (Å²) in [6.07, 6.45) is 1.13. The van der Waals surface area contributed by atoms with Crippen molar-refractivity contribution in [3.05, 3.63) is 18.2 Å². The molecule has 0 aromatic heterocycles. The van der Waals surface area contributed by atoms with E-state index in [4.69, 9.17) is 14.2 Å². The number of benzene rings is 1. The summed E-state index contributed by atoms with van der Waals surface area (Å²) in [4.78, 5) is 26.3. The first kappa shape index (κ1) is 20.0. The normalized spacial score (nSPS) is 16.9. The quantitative estimate of drug-likeness (QED) is 0.678. The van der Waals surface area contributed by atoms with Crippen molar-refractivity contribution in [2.45, 2.75) is 32.8 Å². The molecule has 1 N–H and O–H groups in total. The number of carbonyl (C=O) groups is 2. The Morgan fingerprint density at radius 2 is 2.08 bits per heavy atom. The van der Waals surface area contributed by atoms with Gasteiger partial charge in [0.15, 0.2) is 0 Å². The summed E-state index contributed by atoms with van der Waals surface area (Å²) in [7, 11) is 3.12. The predicted octanol–water partition coefficient (Wildman–Crippen LogP) is 1.99. The molecular weight excluding hydrogens is 336 g/mol. The van der Waals surface area contributed by atoms with Gasteiger partial charge in [0.25, 0.3) is 0 Å². The number of hydrogen-bond acceptors (Lipinski definition) is 5. The molecule has 7 nitrogen and oxygen atoms in total. The average Bonchev–Trinajstić information content (AvgIpc) is 3.02. The van der Waals surface area contributed by atoms with Crippen LogP contribution in [0.1, 0.15) is 26.7 Å². The van der Waals surface area contributed by atoms with E-state index in [1.807, 2.05) is 13.8 Å². The molecule has 0 spiro atoms. The highest BCUT2D eigenvalue weighted by molar-refractivity contribution is 6.01. The lowest BCUT2D eigenvalue weighted by Crippen LogP contribution is -2.34. The molecular formula is C19H28N2O5. The van der Waals surface area contributed by atoms with Gasteiger partial charge in [-0.3, -0.25) is 9.59 Å². The molecule has 1 saturated heterocycles. The lowest BCUT2D eigenvalue weighted by molar-refractivity contribution is -0.126. The standard InChI is InChI=1S/C19H28N2O5/c1-13(2)26-9-5-8-20-19(23)14-10-18(22)21(12-14)16-7-6-15(24-3)11-17(16)25-4/h6-7,11,13-14H,5,8-10,12H2,1-4H3,(H,20,23)/t14-/m1/s1. The highest BCUT2D eigenvalue weighted by atomic mass is 16.5. The van der Waals surface area contributed by atoms with E-state index in [1.165, 1.54) is 0 Å². The van der Waals surface area contributed by atoms with Crippen molar-refractivity contribution in [1.29, 1.82) is 0 Å². The van der Waals surface area contributed by atoms with E-state index in [0.29, 0.717) is 36.9 Å². The predicted molar refractivity (Wildman–Crippen MR) is 98.7 cm³/mol. The zero-order valence-corrected chi connectivity index (χ0v) is 15.9. The Bertz CT molecular complexity index is 632. The molecule has 1 heterocycles. The molecule has 0 radical (unpaired) electrons. The second-order valence-corrected chi connectivity index (χ2v) is 6.51. The van der Waals surface area contributed by atoms with E-state index in [-0.39, 0.29) is 30.3 Å². The van der Waals surface area contributed by atoms with Crippen molar-refractivity contribution < 1.29 is 23.8 Å². The van der Waals surface area contributed by atoms with E-state index in [0.717, 1.165) is 6.42 Å². The van der Waals surface area contributed by atoms with E-state index in [2.05, 4.69) is 5.32 Å². The molecule has 26 heavy (non-hydrogen) atoms. The highest BCUT2D eigenvalue weighted by Gasteiger charge is 2.36. The van der Waals surface area contributed by atoms with E-state index >= 15 is 0 Å². The fraction of sp³-hybridized carbons (Fsp3) is 0.579. The third-order valence-corrected chi connectivity index (χ3v) is 4.25. The molecule has 1 aliphatic rings. The number of rotatable bonds is 9. The Balaban J connectivity index is 1.93. The van der Waals surface area contributed by atoms with Crippen LogP contribution >= 0.6 is 0 Å². The number of methoxy groups -OCH3 is 2. The van der Waals surface area contributed by atoms with Gasteiger partial charge in [-0.25, -0.2) is 0 Å². The maximum Gasteiger partial charge on any atom is 0.227 e. The monoisotopic (exact) mass is 364 g/mol. The summed E-state index contributed by atoms with van der Waals surface area (Å²) in [6.45, 7) is 5.45. The number of nitrogens with zero attached hydrogens (tertiary/aromatic N) is 1. The second kappa shape index (κ2) is 9.43. The molecule has 1 aromatic rings. The maximum absolute atomic E-state index is 12.4. The van der Waals surface area contributed by atoms with Crippen LogP contribution < -0.4 is 19.7 Å². The minimum absolute atomic E-state index is 0.0863. The smallest absolute Gasteiger partial charge is 0.227 e. The van der Waals surface area contributed by atoms with Crippen LogP contribution in [0.4, 0.5) is 5.69 Å². The van der Waals surface area contributed by atoms with Crippen molar-refractivity contribution in [1.82, 2.24) is 5.32 Å². The van der Waals surface area contributed by atoms with Gasteiger partial charge in [0, 0.05) is 32.2 Å². The van der Waals surface area contributed by atoms with Gasteiger partial charge in [0.2, 0.25) is 11.8 Å². The van der Waals surface area contributed by atoms with Crippen molar-refractivity contribution >= 4 is 17.5 Å². The van der Waals surface area contributed by atoms with Gasteiger partial charge in [-0.1, -0.05) is 0 Å². The van der Waals surface area contributed by atoms with Crippen LogP contribution in [-0.2, 0) is 14.3 Å². The molecule has 2 amide bonds. The van der Waals surface area contributed by atoms with Crippen molar-refractivity contribution in [3.63, 3.8) is 0 Å². The molecule has 7 heteroatoms. The van der Waals surface area contributed by atoms with Crippen LogP contribution in [0.15, 0.2) is 18.2 Å². The summed E-state index contributed by atoms with van der Waals surface area (Å²) < 4.78 is 16.0. The number of hydrogen-bond donors (Lipinski definition) is 1. The third kappa shape index (κ3) is 5.11. The Kier molecular flexibility index (Phi) is 7.26. The Morgan fingerprint density at radius 1 is 1.31 bits per heavy atom. The molecule has 1 aromatic carbocycles. The molecule has 0 bridgehead atoms. The molecule has 0 saturated carbocycles. The van der Waals surface area contributed by atoms with Crippen LogP contribution in [0.25, 0.3) is 0 Å². The van der Waals surface area contributed by atoms with E-state index < -0.39 is 0 Å². The van der Waals surface area contributed by atoms with Gasteiger partial charge in [-0.2, -0.15) is 0 Å². The van der Waals surface area contributed by atoms with Crippen LogP contribution in [0, 0.1) is 5.92 Å². The van der Waals surface area contributed by atoms with Gasteiger partial charge >= 0.3 is 0 Å². The Hall–Kier alpha value is -2.28. The van der Waals surface area contributed by atoms with Crippen molar-refractivity contribution in [3.8, 4) is 11.5 Å². The fourth-order valence-corrected chi connectivity index (χ4v) is 2.87. The van der Waals surface area contributed by atoms with Gasteiger partial charge in [0.05, 0.1) is 31.9 Å². The minimum Gasteiger partial charge on any atom is -0.497 e. The first-order valence-corrected chi connectivity index (χ1v) is 8.88. The number of anilines is 1. The maximum atomic E-state index is 12.4. The molecule has 144 valence electrons. The largest absolute Gasteiger partial charge is 0.497 e. The Morgan fingerprint density at radius 3 is 2.73 bits per heavy atom. The van der Waals surface area contributed by atoms with Crippen molar-refractivity contribution in [2.75, 3.05) is 38.8 Å². The van der Waals surface area contributed by atoms with Crippen LogP contribution in [0.3, 0.4) is 0 Å². The van der Waals surface area contributed by atoms with Crippen LogP contribution in [-0.4, -0.2) is 51.8 Å². The lowest BCUT2D eigenvalue weighted by atomic mass is 10.1. The highest BCUT2D eigenvalue weighted by Crippen LogP contribution is 2.35. The van der Waals surface area contributed by atoms with Crippen LogP contribution in [0.2, 0.25) is 0 Å². The van der Waals surface area contributed by atoms with E-state index in [9.17, 15) is 9.59 Å². The summed E-state index contributed by atoms with van der Waals surface area (Å²) in [5, 5.41) is 2.89. The number of amides is 2. The summed E-state index contributed by atoms with van der Waals surface area (Å²) in [6, 6.07) is 5.27. The second-order valence-electron chi connectivity index (χ2n) is 6.51. The van der Waals surface area contributed by atoms with E-state index in [1.54, 1.807) is 37.3 Å². The summed E-state index contributed by atoms with van der Waals surface area (Å²) in [5.74, 6) is 0.648. The lowest BCUT2D eigenvalue weighted by Gasteiger charge is -2.20. The average molecular weight is 364 g/mol. The van der Waals surface area contributed by atoms with Gasteiger partial charge in [-0.05, 0) is 32.4 Å². The number of nitrogens with one attached hydrogen (secondary N) is 1. The van der Waals surface area contributed by atoms with Gasteiger partial charge < -0.3 is 24.4 Å². The molecule has 2 rings (SSSR count). The number of ether oxygens (including phenoxy) is 3. The summed E-state index contributed by atoms with van der Waals surface area (Å²) in [5.41, 5.74) is 0.652. The molecule has 1 atom stereocenters. The first-order chi connectivity index (χ1) is 12.5. The minimum atomic E-state index is -0.361. The van der Waals surface area contributed by atoms with Crippen molar-refractivity contribution in [2.24, 2.45) is 5.92 Å². The zero-order chi connectivity index (χ0) is 19.1. The molecule has 1 aliphatic heterocycles. The van der Waals surface area contributed by atoms with Gasteiger partial charge in [-0.15, -0.1) is 0 Å². The Labute approximate surface area is 154 Å². The SMILES string of the molecule is COc1ccc(N2C[C@H](C(=O)NCCCOC(C)C)CC2=O)c(OC)c1. The van der Waals surface area contributed by atoms with Gasteiger partial charge in [0.1, 0.15) is 11.5 Å². The summed E-state index contributed by atoms with van der Waals surface area (Å²) >= 11 is 0. The first-order valence-electron chi connectivity index (χ1n) is 8.88. The molecule has 0 aliphatic carbocycles. The third-order valence-electron chi connectivity index (χ3n) is 4.25. The van der Waals surface area contributed by atoms with Crippen LogP contribution in [0.5, 0.6) is 11.5 Å². The fourth-order valence-electron chi connectivity index (χ4n) is 2.87. The topological polar surface area (TPSA) is 77.1 Å². The molecule has 1 fully saturated rings.